The Morgan fingerprint density at radius 3 is 2.50 bits per heavy atom. The van der Waals surface area contributed by atoms with Gasteiger partial charge in [-0.05, 0) is 28.1 Å². The highest BCUT2D eigenvalue weighted by atomic mass is 79.9. The number of carbonyl (C=O) groups excluding carboxylic acids is 1. The van der Waals surface area contributed by atoms with E-state index >= 15 is 0 Å². The number of rotatable bonds is 2. The number of anilines is 1. The van der Waals surface area contributed by atoms with Crippen molar-refractivity contribution in [2.75, 3.05) is 31.2 Å². The molecule has 0 unspecified atom stereocenters. The molecule has 3 rings (SSSR count). The largest absolute Gasteiger partial charge is 0.378 e. The van der Waals surface area contributed by atoms with Crippen molar-refractivity contribution < 1.29 is 9.53 Å². The third-order valence-electron chi connectivity index (χ3n) is 3.55. The van der Waals surface area contributed by atoms with Gasteiger partial charge in [0, 0.05) is 30.6 Å². The summed E-state index contributed by atoms with van der Waals surface area (Å²) < 4.78 is 7.46. The first-order valence-corrected chi connectivity index (χ1v) is 8.13. The molecule has 22 heavy (non-hydrogen) atoms. The van der Waals surface area contributed by atoms with Crippen LogP contribution in [-0.2, 0) is 4.74 Å². The summed E-state index contributed by atoms with van der Waals surface area (Å²) in [7, 11) is 0. The van der Waals surface area contributed by atoms with Crippen molar-refractivity contribution in [1.82, 2.24) is 9.78 Å². The molecule has 1 aliphatic heterocycles. The van der Waals surface area contributed by atoms with Crippen LogP contribution >= 0.6 is 27.5 Å². The van der Waals surface area contributed by atoms with Crippen molar-refractivity contribution in [2.45, 2.75) is 6.92 Å². The summed E-state index contributed by atoms with van der Waals surface area (Å²) in [5.41, 5.74) is 2.60. The molecule has 0 aliphatic carbocycles. The first-order valence-electron chi connectivity index (χ1n) is 6.96. The molecule has 0 saturated carbocycles. The van der Waals surface area contributed by atoms with E-state index in [4.69, 9.17) is 16.3 Å². The molecule has 2 heterocycles. The number of halogens is 2. The Morgan fingerprint density at radius 1 is 1.27 bits per heavy atom. The van der Waals surface area contributed by atoms with E-state index < -0.39 is 0 Å². The van der Waals surface area contributed by atoms with Crippen LogP contribution in [0.15, 0.2) is 28.9 Å². The molecular formula is C15H15BrClN3O2. The molecule has 0 spiro atoms. The maximum absolute atomic E-state index is 11.8. The summed E-state index contributed by atoms with van der Waals surface area (Å²) in [5, 5.41) is 5.15. The molecule has 0 radical (unpaired) electrons. The number of hydrogen-bond donors (Lipinski definition) is 0. The predicted octanol–water partition coefficient (Wildman–Crippen LogP) is 3.46. The first-order chi connectivity index (χ1) is 10.6. The van der Waals surface area contributed by atoms with Crippen molar-refractivity contribution in [3.8, 4) is 11.3 Å². The summed E-state index contributed by atoms with van der Waals surface area (Å²) in [6.45, 7) is 4.35. The molecule has 0 amide bonds. The average molecular weight is 385 g/mol. The second kappa shape index (κ2) is 6.40. The van der Waals surface area contributed by atoms with Crippen LogP contribution in [0.3, 0.4) is 0 Å². The molecule has 1 aromatic carbocycles. The summed E-state index contributed by atoms with van der Waals surface area (Å²) in [5.74, 6) is -0.137. The zero-order valence-corrected chi connectivity index (χ0v) is 14.4. The quantitative estimate of drug-likeness (QED) is 0.795. The minimum absolute atomic E-state index is 0.137. The van der Waals surface area contributed by atoms with Gasteiger partial charge >= 0.3 is 0 Å². The topological polar surface area (TPSA) is 47.4 Å². The van der Waals surface area contributed by atoms with Crippen molar-refractivity contribution in [3.63, 3.8) is 0 Å². The molecule has 0 bridgehead atoms. The number of morpholine rings is 1. The van der Waals surface area contributed by atoms with Gasteiger partial charge in [0.1, 0.15) is 10.3 Å². The van der Waals surface area contributed by atoms with Gasteiger partial charge in [-0.3, -0.25) is 4.79 Å². The Bertz CT molecular complexity index is 694. The van der Waals surface area contributed by atoms with Crippen molar-refractivity contribution in [1.29, 1.82) is 0 Å². The predicted molar refractivity (Wildman–Crippen MR) is 89.7 cm³/mol. The van der Waals surface area contributed by atoms with E-state index in [1.165, 1.54) is 11.6 Å². The van der Waals surface area contributed by atoms with Crippen LogP contribution < -0.4 is 4.90 Å². The summed E-state index contributed by atoms with van der Waals surface area (Å²) >= 11 is 9.48. The fraction of sp³-hybridized carbons (Fsp3) is 0.333. The lowest BCUT2D eigenvalue weighted by Crippen LogP contribution is -2.36. The van der Waals surface area contributed by atoms with Gasteiger partial charge in [0.05, 0.1) is 18.9 Å². The summed E-state index contributed by atoms with van der Waals surface area (Å²) in [6.07, 6.45) is 0. The standard InChI is InChI=1S/C15H15BrClN3O2/c1-10(21)20-15(16)14(19-6-8-22-9-7-19)13(18-20)11-2-4-12(17)5-3-11/h2-5H,6-9H2,1H3. The van der Waals surface area contributed by atoms with Gasteiger partial charge in [-0.2, -0.15) is 9.78 Å². The van der Waals surface area contributed by atoms with E-state index in [0.717, 1.165) is 30.0 Å². The van der Waals surface area contributed by atoms with E-state index in [-0.39, 0.29) is 5.91 Å². The van der Waals surface area contributed by atoms with Gasteiger partial charge in [0.25, 0.3) is 0 Å². The maximum Gasteiger partial charge on any atom is 0.244 e. The summed E-state index contributed by atoms with van der Waals surface area (Å²) in [6, 6.07) is 7.46. The van der Waals surface area contributed by atoms with Crippen molar-refractivity contribution in [2.24, 2.45) is 0 Å². The minimum atomic E-state index is -0.137. The molecule has 1 saturated heterocycles. The van der Waals surface area contributed by atoms with Crippen LogP contribution in [0.4, 0.5) is 5.69 Å². The number of hydrogen-bond acceptors (Lipinski definition) is 4. The minimum Gasteiger partial charge on any atom is -0.378 e. The Hall–Kier alpha value is -1.37. The van der Waals surface area contributed by atoms with Crippen LogP contribution in [0.2, 0.25) is 5.02 Å². The Morgan fingerprint density at radius 2 is 1.91 bits per heavy atom. The lowest BCUT2D eigenvalue weighted by Gasteiger charge is -2.29. The second-order valence-electron chi connectivity index (χ2n) is 5.03. The number of nitrogens with zero attached hydrogens (tertiary/aromatic N) is 3. The smallest absolute Gasteiger partial charge is 0.244 e. The molecule has 5 nitrogen and oxygen atoms in total. The van der Waals surface area contributed by atoms with Crippen LogP contribution in [0.5, 0.6) is 0 Å². The van der Waals surface area contributed by atoms with Crippen molar-refractivity contribution in [3.05, 3.63) is 33.9 Å². The molecule has 2 aromatic rings. The molecule has 0 N–H and O–H groups in total. The van der Waals surface area contributed by atoms with E-state index in [0.29, 0.717) is 22.8 Å². The molecule has 116 valence electrons. The van der Waals surface area contributed by atoms with Gasteiger partial charge in [-0.1, -0.05) is 23.7 Å². The van der Waals surface area contributed by atoms with Gasteiger partial charge in [0.2, 0.25) is 5.91 Å². The first kappa shape index (κ1) is 15.5. The molecule has 7 heteroatoms. The number of ether oxygens (including phenoxy) is 1. The van der Waals surface area contributed by atoms with Gasteiger partial charge < -0.3 is 9.64 Å². The number of aromatic nitrogens is 2. The number of carbonyl (C=O) groups is 1. The zero-order chi connectivity index (χ0) is 15.7. The lowest BCUT2D eigenvalue weighted by molar-refractivity contribution is 0.0918. The third-order valence-corrected chi connectivity index (χ3v) is 4.51. The molecule has 1 aromatic heterocycles. The van der Waals surface area contributed by atoms with Crippen LogP contribution in [0.25, 0.3) is 11.3 Å². The molecule has 1 aliphatic rings. The average Bonchev–Trinajstić information content (AvgIpc) is 2.86. The fourth-order valence-corrected chi connectivity index (χ4v) is 3.36. The van der Waals surface area contributed by atoms with E-state index in [9.17, 15) is 4.79 Å². The Labute approximate surface area is 141 Å². The van der Waals surface area contributed by atoms with Crippen LogP contribution in [0.1, 0.15) is 11.7 Å². The van der Waals surface area contributed by atoms with Crippen molar-refractivity contribution >= 4 is 39.1 Å². The SMILES string of the molecule is CC(=O)n1nc(-c2ccc(Cl)cc2)c(N2CCOCC2)c1Br. The van der Waals surface area contributed by atoms with Gasteiger partial charge in [-0.15, -0.1) is 0 Å². The zero-order valence-electron chi connectivity index (χ0n) is 12.1. The Balaban J connectivity index is 2.12. The molecule has 0 atom stereocenters. The third kappa shape index (κ3) is 2.91. The normalized spacial score (nSPS) is 15.1. The summed E-state index contributed by atoms with van der Waals surface area (Å²) in [4.78, 5) is 14.0. The molecule has 1 fully saturated rings. The highest BCUT2D eigenvalue weighted by Crippen LogP contribution is 2.37. The van der Waals surface area contributed by atoms with E-state index in [1.54, 1.807) is 0 Å². The molecular weight excluding hydrogens is 370 g/mol. The fourth-order valence-electron chi connectivity index (χ4n) is 2.47. The monoisotopic (exact) mass is 383 g/mol. The highest BCUT2D eigenvalue weighted by Gasteiger charge is 2.25. The van der Waals surface area contributed by atoms with Gasteiger partial charge in [-0.25, -0.2) is 0 Å². The number of benzene rings is 1. The van der Waals surface area contributed by atoms with Crippen LogP contribution in [0, 0.1) is 0 Å². The lowest BCUT2D eigenvalue weighted by atomic mass is 10.1. The van der Waals surface area contributed by atoms with Crippen LogP contribution in [-0.4, -0.2) is 42.0 Å². The van der Waals surface area contributed by atoms with E-state index in [1.807, 2.05) is 24.3 Å². The second-order valence-corrected chi connectivity index (χ2v) is 6.21. The maximum atomic E-state index is 11.8. The highest BCUT2D eigenvalue weighted by molar-refractivity contribution is 9.10. The Kier molecular flexibility index (Phi) is 4.52. The van der Waals surface area contributed by atoms with E-state index in [2.05, 4.69) is 25.9 Å². The van der Waals surface area contributed by atoms with Gasteiger partial charge in [0.15, 0.2) is 0 Å².